The number of nitrogens with zero attached hydrogens (tertiary/aromatic N) is 1. The first-order valence-corrected chi connectivity index (χ1v) is 8.50. The quantitative estimate of drug-likeness (QED) is 0.831. The summed E-state index contributed by atoms with van der Waals surface area (Å²) in [7, 11) is 0. The zero-order valence-electron chi connectivity index (χ0n) is 13.3. The Hall–Kier alpha value is -1.80. The Labute approximate surface area is 134 Å². The third-order valence-corrected chi connectivity index (χ3v) is 4.49. The van der Waals surface area contributed by atoms with Crippen molar-refractivity contribution in [2.75, 3.05) is 31.5 Å². The van der Waals surface area contributed by atoms with Crippen LogP contribution in [0.15, 0.2) is 54.6 Å². The summed E-state index contributed by atoms with van der Waals surface area (Å²) in [5, 5.41) is 3.63. The molecule has 1 N–H and O–H groups in total. The summed E-state index contributed by atoms with van der Waals surface area (Å²) in [6, 6.07) is 19.5. The lowest BCUT2D eigenvalue weighted by Crippen LogP contribution is -2.26. The van der Waals surface area contributed by atoms with Gasteiger partial charge in [-0.2, -0.15) is 0 Å². The van der Waals surface area contributed by atoms with Crippen molar-refractivity contribution >= 4 is 5.69 Å². The van der Waals surface area contributed by atoms with E-state index >= 15 is 0 Å². The molecule has 0 amide bonds. The summed E-state index contributed by atoms with van der Waals surface area (Å²) in [4.78, 5) is 2.56. The van der Waals surface area contributed by atoms with Gasteiger partial charge in [-0.3, -0.25) is 0 Å². The van der Waals surface area contributed by atoms with Gasteiger partial charge < -0.3 is 10.2 Å². The number of hydrogen-bond donors (Lipinski definition) is 1. The van der Waals surface area contributed by atoms with Gasteiger partial charge in [0.15, 0.2) is 0 Å². The maximum atomic E-state index is 3.63. The average molecular weight is 294 g/mol. The second-order valence-corrected chi connectivity index (χ2v) is 6.12. The van der Waals surface area contributed by atoms with E-state index in [2.05, 4.69) is 64.8 Å². The standard InChI is InChI=1S/C20H26N2/c1-2-8-18(9-3-1)12-13-19-10-4-5-11-20(19)21-14-17-22-15-6-7-16-22/h1-5,8-11,21H,6-7,12-17H2. The molecular weight excluding hydrogens is 268 g/mol. The highest BCUT2D eigenvalue weighted by molar-refractivity contribution is 5.51. The van der Waals surface area contributed by atoms with Gasteiger partial charge in [0.1, 0.15) is 0 Å². The highest BCUT2D eigenvalue weighted by Crippen LogP contribution is 2.17. The van der Waals surface area contributed by atoms with Crippen LogP contribution in [0.5, 0.6) is 0 Å². The van der Waals surface area contributed by atoms with E-state index in [0.29, 0.717) is 0 Å². The minimum atomic E-state index is 1.04. The molecular formula is C20H26N2. The van der Waals surface area contributed by atoms with Crippen molar-refractivity contribution in [3.63, 3.8) is 0 Å². The Morgan fingerprint density at radius 3 is 2.36 bits per heavy atom. The van der Waals surface area contributed by atoms with Crippen molar-refractivity contribution in [1.29, 1.82) is 0 Å². The number of aryl methyl sites for hydroxylation is 2. The van der Waals surface area contributed by atoms with Crippen molar-refractivity contribution in [2.24, 2.45) is 0 Å². The van der Waals surface area contributed by atoms with Crippen LogP contribution in [0.3, 0.4) is 0 Å². The zero-order valence-corrected chi connectivity index (χ0v) is 13.3. The van der Waals surface area contributed by atoms with E-state index in [9.17, 15) is 0 Å². The van der Waals surface area contributed by atoms with Crippen LogP contribution in [0.1, 0.15) is 24.0 Å². The summed E-state index contributed by atoms with van der Waals surface area (Å²) in [6.07, 6.45) is 4.93. The average Bonchev–Trinajstić information content (AvgIpc) is 3.08. The molecule has 0 saturated carbocycles. The number of nitrogens with one attached hydrogen (secondary N) is 1. The molecule has 0 bridgehead atoms. The molecule has 0 spiro atoms. The predicted molar refractivity (Wildman–Crippen MR) is 94.5 cm³/mol. The summed E-state index contributed by atoms with van der Waals surface area (Å²) in [5.74, 6) is 0. The lowest BCUT2D eigenvalue weighted by atomic mass is 10.0. The summed E-state index contributed by atoms with van der Waals surface area (Å²) >= 11 is 0. The molecule has 2 nitrogen and oxygen atoms in total. The summed E-state index contributed by atoms with van der Waals surface area (Å²) < 4.78 is 0. The van der Waals surface area contributed by atoms with Crippen molar-refractivity contribution in [3.8, 4) is 0 Å². The summed E-state index contributed by atoms with van der Waals surface area (Å²) in [5.41, 5.74) is 4.14. The SMILES string of the molecule is c1ccc(CCc2ccccc2NCCN2CCCC2)cc1. The molecule has 0 radical (unpaired) electrons. The first-order chi connectivity index (χ1) is 10.9. The van der Waals surface area contributed by atoms with Gasteiger partial charge in [-0.15, -0.1) is 0 Å². The van der Waals surface area contributed by atoms with Crippen LogP contribution in [-0.4, -0.2) is 31.1 Å². The third-order valence-electron chi connectivity index (χ3n) is 4.49. The van der Waals surface area contributed by atoms with Crippen LogP contribution < -0.4 is 5.32 Å². The second-order valence-electron chi connectivity index (χ2n) is 6.12. The van der Waals surface area contributed by atoms with E-state index in [1.807, 2.05) is 0 Å². The molecule has 2 aromatic rings. The summed E-state index contributed by atoms with van der Waals surface area (Å²) in [6.45, 7) is 4.75. The Balaban J connectivity index is 1.52. The third kappa shape index (κ3) is 4.35. The largest absolute Gasteiger partial charge is 0.384 e. The van der Waals surface area contributed by atoms with Gasteiger partial charge >= 0.3 is 0 Å². The van der Waals surface area contributed by atoms with Crippen molar-refractivity contribution < 1.29 is 0 Å². The van der Waals surface area contributed by atoms with E-state index in [-0.39, 0.29) is 0 Å². The highest BCUT2D eigenvalue weighted by Gasteiger charge is 2.10. The number of para-hydroxylation sites is 1. The van der Waals surface area contributed by atoms with Crippen molar-refractivity contribution in [1.82, 2.24) is 4.90 Å². The van der Waals surface area contributed by atoms with Crippen LogP contribution in [0, 0.1) is 0 Å². The van der Waals surface area contributed by atoms with E-state index in [1.54, 1.807) is 0 Å². The van der Waals surface area contributed by atoms with E-state index in [1.165, 1.54) is 42.7 Å². The minimum Gasteiger partial charge on any atom is -0.384 e. The van der Waals surface area contributed by atoms with Gasteiger partial charge in [0, 0.05) is 18.8 Å². The Morgan fingerprint density at radius 1 is 0.818 bits per heavy atom. The van der Waals surface area contributed by atoms with E-state index in [0.717, 1.165) is 25.9 Å². The molecule has 2 aromatic carbocycles. The van der Waals surface area contributed by atoms with Gasteiger partial charge in [0.2, 0.25) is 0 Å². The van der Waals surface area contributed by atoms with Crippen LogP contribution in [0.4, 0.5) is 5.69 Å². The van der Waals surface area contributed by atoms with Crippen molar-refractivity contribution in [3.05, 3.63) is 65.7 Å². The van der Waals surface area contributed by atoms with Crippen LogP contribution in [-0.2, 0) is 12.8 Å². The first-order valence-electron chi connectivity index (χ1n) is 8.50. The molecule has 1 aliphatic rings. The molecule has 2 heteroatoms. The van der Waals surface area contributed by atoms with Gasteiger partial charge in [-0.05, 0) is 56.0 Å². The lowest BCUT2D eigenvalue weighted by Gasteiger charge is -2.17. The second kappa shape index (κ2) is 8.00. The fourth-order valence-electron chi connectivity index (χ4n) is 3.19. The van der Waals surface area contributed by atoms with E-state index in [4.69, 9.17) is 0 Å². The predicted octanol–water partition coefficient (Wildman–Crippen LogP) is 3.98. The molecule has 1 fully saturated rings. The van der Waals surface area contributed by atoms with Crippen LogP contribution >= 0.6 is 0 Å². The van der Waals surface area contributed by atoms with Crippen LogP contribution in [0.25, 0.3) is 0 Å². The van der Waals surface area contributed by atoms with Crippen molar-refractivity contribution in [2.45, 2.75) is 25.7 Å². The van der Waals surface area contributed by atoms with Gasteiger partial charge in [0.05, 0.1) is 0 Å². The Bertz CT molecular complexity index is 559. The highest BCUT2D eigenvalue weighted by atomic mass is 15.1. The molecule has 1 aliphatic heterocycles. The van der Waals surface area contributed by atoms with Gasteiger partial charge in [0.25, 0.3) is 0 Å². The molecule has 0 unspecified atom stereocenters. The molecule has 1 saturated heterocycles. The first kappa shape index (κ1) is 15.1. The Kier molecular flexibility index (Phi) is 5.49. The topological polar surface area (TPSA) is 15.3 Å². The maximum absolute atomic E-state index is 3.63. The van der Waals surface area contributed by atoms with Crippen LogP contribution in [0.2, 0.25) is 0 Å². The number of rotatable bonds is 7. The maximum Gasteiger partial charge on any atom is 0.0373 e. The monoisotopic (exact) mass is 294 g/mol. The minimum absolute atomic E-state index is 1.04. The molecule has 0 aliphatic carbocycles. The molecule has 0 aromatic heterocycles. The molecule has 3 rings (SSSR count). The van der Waals surface area contributed by atoms with E-state index < -0.39 is 0 Å². The normalized spacial score (nSPS) is 15.1. The fraction of sp³-hybridized carbons (Fsp3) is 0.400. The Morgan fingerprint density at radius 2 is 1.55 bits per heavy atom. The number of hydrogen-bond acceptors (Lipinski definition) is 2. The smallest absolute Gasteiger partial charge is 0.0373 e. The molecule has 116 valence electrons. The number of likely N-dealkylation sites (tertiary alicyclic amines) is 1. The number of anilines is 1. The number of benzene rings is 2. The van der Waals surface area contributed by atoms with Gasteiger partial charge in [-0.1, -0.05) is 48.5 Å². The zero-order chi connectivity index (χ0) is 15.0. The van der Waals surface area contributed by atoms with Gasteiger partial charge in [-0.25, -0.2) is 0 Å². The molecule has 22 heavy (non-hydrogen) atoms. The lowest BCUT2D eigenvalue weighted by molar-refractivity contribution is 0.352. The molecule has 0 atom stereocenters. The molecule has 1 heterocycles. The fourth-order valence-corrected chi connectivity index (χ4v) is 3.19.